The molecule has 0 spiro atoms. The standard InChI is InChI=1S/C15H13F3N2O4S/c1-14(22,15(16,17)18)13(21)20-10-5-7-11(8-6-10)25(23,24)12-4-2-3-9-19-12/h2-9,22H,1H3,(H,20,21). The van der Waals surface area contributed by atoms with Gasteiger partial charge >= 0.3 is 6.18 Å². The maximum atomic E-state index is 12.6. The number of carbonyl (C=O) groups excluding carboxylic acids is 1. The third kappa shape index (κ3) is 3.80. The lowest BCUT2D eigenvalue weighted by Crippen LogP contribution is -2.52. The second-order valence-corrected chi connectivity index (χ2v) is 7.12. The molecule has 1 aromatic heterocycles. The smallest absolute Gasteiger partial charge is 0.373 e. The molecule has 25 heavy (non-hydrogen) atoms. The number of alkyl halides is 3. The van der Waals surface area contributed by atoms with E-state index in [0.717, 1.165) is 24.3 Å². The van der Waals surface area contributed by atoms with Gasteiger partial charge in [0.05, 0.1) is 4.90 Å². The molecule has 1 atom stereocenters. The molecule has 0 saturated carbocycles. The molecule has 0 aliphatic rings. The minimum absolute atomic E-state index is 0.102. The quantitative estimate of drug-likeness (QED) is 0.855. The number of benzene rings is 1. The molecule has 2 N–H and O–H groups in total. The Labute approximate surface area is 141 Å². The van der Waals surface area contributed by atoms with E-state index in [9.17, 15) is 31.5 Å². The van der Waals surface area contributed by atoms with Crippen LogP contribution in [0.15, 0.2) is 58.6 Å². The van der Waals surface area contributed by atoms with Crippen LogP contribution in [0.4, 0.5) is 18.9 Å². The first-order valence-corrected chi connectivity index (χ1v) is 8.31. The van der Waals surface area contributed by atoms with Crippen molar-refractivity contribution >= 4 is 21.4 Å². The molecule has 1 aromatic carbocycles. The molecular weight excluding hydrogens is 361 g/mol. The van der Waals surface area contributed by atoms with E-state index in [4.69, 9.17) is 0 Å². The predicted molar refractivity (Wildman–Crippen MR) is 81.4 cm³/mol. The van der Waals surface area contributed by atoms with Crippen molar-refractivity contribution in [3.63, 3.8) is 0 Å². The molecule has 0 aliphatic carbocycles. The number of halogens is 3. The summed E-state index contributed by atoms with van der Waals surface area (Å²) in [6.07, 6.45) is -3.85. The molecule has 2 rings (SSSR count). The molecule has 0 saturated heterocycles. The summed E-state index contributed by atoms with van der Waals surface area (Å²) in [5, 5.41) is 11.0. The summed E-state index contributed by atoms with van der Waals surface area (Å²) in [5.74, 6) is -1.68. The molecule has 0 aliphatic heterocycles. The van der Waals surface area contributed by atoms with Crippen LogP contribution < -0.4 is 5.32 Å². The van der Waals surface area contributed by atoms with E-state index in [1.54, 1.807) is 6.07 Å². The van der Waals surface area contributed by atoms with Crippen LogP contribution in [0.2, 0.25) is 0 Å². The van der Waals surface area contributed by atoms with Crippen molar-refractivity contribution in [2.24, 2.45) is 0 Å². The van der Waals surface area contributed by atoms with E-state index in [0.29, 0.717) is 6.92 Å². The second-order valence-electron chi connectivity index (χ2n) is 5.22. The van der Waals surface area contributed by atoms with Crippen LogP contribution in [0.3, 0.4) is 0 Å². The van der Waals surface area contributed by atoms with Gasteiger partial charge in [0.2, 0.25) is 15.4 Å². The lowest BCUT2D eigenvalue weighted by molar-refractivity contribution is -0.242. The Hall–Kier alpha value is -2.46. The van der Waals surface area contributed by atoms with Gasteiger partial charge in [-0.3, -0.25) is 4.79 Å². The van der Waals surface area contributed by atoms with Crippen LogP contribution in [0.1, 0.15) is 6.92 Å². The molecule has 2 aromatic rings. The van der Waals surface area contributed by atoms with Crippen molar-refractivity contribution in [1.82, 2.24) is 4.98 Å². The predicted octanol–water partition coefficient (Wildman–Crippen LogP) is 2.17. The van der Waals surface area contributed by atoms with E-state index >= 15 is 0 Å². The molecule has 1 amide bonds. The van der Waals surface area contributed by atoms with Crippen LogP contribution in [-0.2, 0) is 14.6 Å². The minimum atomic E-state index is -5.15. The van der Waals surface area contributed by atoms with Crippen molar-refractivity contribution in [3.8, 4) is 0 Å². The van der Waals surface area contributed by atoms with Gasteiger partial charge in [-0.05, 0) is 43.3 Å². The Morgan fingerprint density at radius 3 is 2.20 bits per heavy atom. The number of aliphatic hydroxyl groups is 1. The fourth-order valence-corrected chi connectivity index (χ4v) is 2.92. The molecule has 6 nitrogen and oxygen atoms in total. The third-order valence-corrected chi connectivity index (χ3v) is 5.01. The number of rotatable bonds is 4. The zero-order valence-electron chi connectivity index (χ0n) is 12.8. The summed E-state index contributed by atoms with van der Waals surface area (Å²) < 4.78 is 62.4. The normalized spacial score (nSPS) is 14.6. The monoisotopic (exact) mass is 374 g/mol. The van der Waals surface area contributed by atoms with Crippen molar-refractivity contribution in [1.29, 1.82) is 0 Å². The Morgan fingerprint density at radius 1 is 1.12 bits per heavy atom. The first kappa shape index (κ1) is 18.9. The zero-order chi connectivity index (χ0) is 18.9. The van der Waals surface area contributed by atoms with Gasteiger partial charge in [0.15, 0.2) is 5.03 Å². The first-order valence-electron chi connectivity index (χ1n) is 6.83. The number of sulfone groups is 1. The summed E-state index contributed by atoms with van der Waals surface area (Å²) in [5.41, 5.74) is -3.68. The van der Waals surface area contributed by atoms with Crippen LogP contribution in [0.5, 0.6) is 0 Å². The van der Waals surface area contributed by atoms with Gasteiger partial charge in [-0.15, -0.1) is 0 Å². The average molecular weight is 374 g/mol. The maximum absolute atomic E-state index is 12.6. The molecule has 134 valence electrons. The number of hydrogen-bond acceptors (Lipinski definition) is 5. The molecule has 1 unspecified atom stereocenters. The highest BCUT2D eigenvalue weighted by Crippen LogP contribution is 2.31. The number of pyridine rings is 1. The van der Waals surface area contributed by atoms with Crippen molar-refractivity contribution in [2.75, 3.05) is 5.32 Å². The van der Waals surface area contributed by atoms with Gasteiger partial charge in [-0.25, -0.2) is 13.4 Å². The first-order chi connectivity index (χ1) is 11.5. The van der Waals surface area contributed by atoms with Crippen LogP contribution in [-0.4, -0.2) is 36.2 Å². The molecule has 0 bridgehead atoms. The molecule has 0 radical (unpaired) electrons. The van der Waals surface area contributed by atoms with Gasteiger partial charge < -0.3 is 10.4 Å². The minimum Gasteiger partial charge on any atom is -0.373 e. The highest BCUT2D eigenvalue weighted by atomic mass is 32.2. The third-order valence-electron chi connectivity index (χ3n) is 3.33. The Kier molecular flexibility index (Phi) is 4.87. The molecular formula is C15H13F3N2O4S. The Balaban J connectivity index is 2.23. The summed E-state index contributed by atoms with van der Waals surface area (Å²) in [6, 6.07) is 8.79. The van der Waals surface area contributed by atoms with E-state index in [-0.39, 0.29) is 15.6 Å². The highest BCUT2D eigenvalue weighted by Gasteiger charge is 2.55. The Morgan fingerprint density at radius 2 is 1.72 bits per heavy atom. The van der Waals surface area contributed by atoms with E-state index in [2.05, 4.69) is 4.98 Å². The molecule has 10 heteroatoms. The van der Waals surface area contributed by atoms with Gasteiger partial charge in [-0.2, -0.15) is 13.2 Å². The van der Waals surface area contributed by atoms with Crippen LogP contribution in [0, 0.1) is 0 Å². The highest BCUT2D eigenvalue weighted by molar-refractivity contribution is 7.91. The largest absolute Gasteiger partial charge is 0.426 e. The SMILES string of the molecule is CC(O)(C(=O)Nc1ccc(S(=O)(=O)c2ccccn2)cc1)C(F)(F)F. The Bertz CT molecular complexity index is 864. The van der Waals surface area contributed by atoms with Gasteiger partial charge in [-0.1, -0.05) is 6.07 Å². The lowest BCUT2D eigenvalue weighted by Gasteiger charge is -2.24. The second kappa shape index (κ2) is 6.45. The fraction of sp³-hybridized carbons (Fsp3) is 0.200. The summed E-state index contributed by atoms with van der Waals surface area (Å²) in [4.78, 5) is 15.2. The number of nitrogens with one attached hydrogen (secondary N) is 1. The number of carbonyl (C=O) groups is 1. The summed E-state index contributed by atoms with van der Waals surface area (Å²) in [7, 11) is -3.89. The fourth-order valence-electron chi connectivity index (χ4n) is 1.73. The van der Waals surface area contributed by atoms with Gasteiger partial charge in [0.25, 0.3) is 5.91 Å². The number of aromatic nitrogens is 1. The average Bonchev–Trinajstić information content (AvgIpc) is 2.55. The van der Waals surface area contributed by atoms with E-state index in [1.807, 2.05) is 5.32 Å². The zero-order valence-corrected chi connectivity index (χ0v) is 13.6. The van der Waals surface area contributed by atoms with Crippen molar-refractivity contribution in [3.05, 3.63) is 48.7 Å². The molecule has 1 heterocycles. The van der Waals surface area contributed by atoms with Crippen molar-refractivity contribution < 1.29 is 31.5 Å². The maximum Gasteiger partial charge on any atom is 0.426 e. The van der Waals surface area contributed by atoms with Crippen LogP contribution >= 0.6 is 0 Å². The lowest BCUT2D eigenvalue weighted by atomic mass is 10.1. The summed E-state index contributed by atoms with van der Waals surface area (Å²) in [6.45, 7) is 0.322. The van der Waals surface area contributed by atoms with E-state index in [1.165, 1.54) is 18.3 Å². The number of nitrogens with zero attached hydrogens (tertiary/aromatic N) is 1. The van der Waals surface area contributed by atoms with E-state index < -0.39 is 27.5 Å². The number of anilines is 1. The van der Waals surface area contributed by atoms with Crippen LogP contribution in [0.25, 0.3) is 0 Å². The number of hydrogen-bond donors (Lipinski definition) is 2. The topological polar surface area (TPSA) is 96.4 Å². The van der Waals surface area contributed by atoms with Gasteiger partial charge in [0, 0.05) is 11.9 Å². The molecule has 0 fully saturated rings. The summed E-state index contributed by atoms with van der Waals surface area (Å²) >= 11 is 0. The van der Waals surface area contributed by atoms with Gasteiger partial charge in [0.1, 0.15) is 0 Å². The van der Waals surface area contributed by atoms with Crippen molar-refractivity contribution in [2.45, 2.75) is 28.6 Å². The number of amides is 1.